The lowest BCUT2D eigenvalue weighted by molar-refractivity contribution is -0.138. The summed E-state index contributed by atoms with van der Waals surface area (Å²) in [6, 6.07) is 15.5. The van der Waals surface area contributed by atoms with E-state index in [-0.39, 0.29) is 17.7 Å². The molecule has 2 aliphatic rings. The predicted molar refractivity (Wildman–Crippen MR) is 111 cm³/mol. The number of anilines is 1. The van der Waals surface area contributed by atoms with Gasteiger partial charge in [-0.3, -0.25) is 14.4 Å². The van der Waals surface area contributed by atoms with Gasteiger partial charge in [0.25, 0.3) is 0 Å². The second kappa shape index (κ2) is 8.57. The Labute approximate surface area is 172 Å². The van der Waals surface area contributed by atoms with Crippen molar-refractivity contribution in [2.75, 3.05) is 16.9 Å². The highest BCUT2D eigenvalue weighted by atomic mass is 32.2. The first kappa shape index (κ1) is 19.3. The van der Waals surface area contributed by atoms with Crippen molar-refractivity contribution in [2.45, 2.75) is 24.9 Å². The summed E-state index contributed by atoms with van der Waals surface area (Å²) in [6.45, 7) is 0. The number of ether oxygens (including phenoxy) is 1. The summed E-state index contributed by atoms with van der Waals surface area (Å²) in [5.41, 5.74) is 0.633. The Morgan fingerprint density at radius 2 is 1.79 bits per heavy atom. The number of rotatable bonds is 5. The monoisotopic (exact) mass is 411 g/mol. The summed E-state index contributed by atoms with van der Waals surface area (Å²) >= 11 is 1.53. The number of thioether (sulfide) groups is 1. The Hall–Kier alpha value is -3.00. The van der Waals surface area contributed by atoms with E-state index < -0.39 is 12.1 Å². The molecule has 8 heteroatoms. The number of hydrogen-bond donors (Lipinski definition) is 2. The SMILES string of the molecule is O=C1CCC(C(=O)N2CSC[C@@H]2C(=O)Nc2ccc(Oc3ccccc3)cc2)N1. The van der Waals surface area contributed by atoms with E-state index in [1.54, 1.807) is 29.2 Å². The Bertz CT molecular complexity index is 904. The molecule has 2 aromatic rings. The molecule has 3 amide bonds. The summed E-state index contributed by atoms with van der Waals surface area (Å²) < 4.78 is 5.75. The van der Waals surface area contributed by atoms with E-state index in [2.05, 4.69) is 10.6 Å². The van der Waals surface area contributed by atoms with Gasteiger partial charge in [-0.15, -0.1) is 11.8 Å². The first-order valence-electron chi connectivity index (χ1n) is 9.41. The zero-order chi connectivity index (χ0) is 20.2. The number of carbonyl (C=O) groups excluding carboxylic acids is 3. The van der Waals surface area contributed by atoms with E-state index >= 15 is 0 Å². The van der Waals surface area contributed by atoms with Gasteiger partial charge >= 0.3 is 0 Å². The van der Waals surface area contributed by atoms with Crippen LogP contribution in [-0.2, 0) is 14.4 Å². The van der Waals surface area contributed by atoms with E-state index in [0.29, 0.717) is 35.9 Å². The fraction of sp³-hybridized carbons (Fsp3) is 0.286. The van der Waals surface area contributed by atoms with Crippen molar-refractivity contribution in [2.24, 2.45) is 0 Å². The molecule has 4 rings (SSSR count). The zero-order valence-corrected chi connectivity index (χ0v) is 16.5. The molecule has 7 nitrogen and oxygen atoms in total. The molecule has 0 saturated carbocycles. The number of carbonyl (C=O) groups is 3. The number of nitrogens with zero attached hydrogens (tertiary/aromatic N) is 1. The van der Waals surface area contributed by atoms with Crippen LogP contribution < -0.4 is 15.4 Å². The molecule has 2 heterocycles. The van der Waals surface area contributed by atoms with Crippen LogP contribution in [0.15, 0.2) is 54.6 Å². The highest BCUT2D eigenvalue weighted by Crippen LogP contribution is 2.26. The fourth-order valence-electron chi connectivity index (χ4n) is 3.33. The maximum Gasteiger partial charge on any atom is 0.248 e. The first-order chi connectivity index (χ1) is 14.1. The van der Waals surface area contributed by atoms with Crippen LogP contribution in [0, 0.1) is 0 Å². The molecule has 0 aliphatic carbocycles. The Morgan fingerprint density at radius 3 is 2.48 bits per heavy atom. The first-order valence-corrected chi connectivity index (χ1v) is 10.6. The van der Waals surface area contributed by atoms with Crippen LogP contribution in [0.5, 0.6) is 11.5 Å². The van der Waals surface area contributed by atoms with Crippen LogP contribution >= 0.6 is 11.8 Å². The largest absolute Gasteiger partial charge is 0.457 e. The third-order valence-corrected chi connectivity index (χ3v) is 5.87. The van der Waals surface area contributed by atoms with Crippen molar-refractivity contribution in [3.63, 3.8) is 0 Å². The molecule has 29 heavy (non-hydrogen) atoms. The lowest BCUT2D eigenvalue weighted by Gasteiger charge is -2.25. The van der Waals surface area contributed by atoms with Gasteiger partial charge in [0.1, 0.15) is 23.6 Å². The van der Waals surface area contributed by atoms with Gasteiger partial charge in [0.15, 0.2) is 0 Å². The molecule has 2 fully saturated rings. The second-order valence-corrected chi connectivity index (χ2v) is 7.91. The molecule has 0 spiro atoms. The third kappa shape index (κ3) is 4.54. The molecular weight excluding hydrogens is 390 g/mol. The fourth-order valence-corrected chi connectivity index (χ4v) is 4.50. The summed E-state index contributed by atoms with van der Waals surface area (Å²) in [5.74, 6) is 1.85. The van der Waals surface area contributed by atoms with Crippen molar-refractivity contribution in [1.29, 1.82) is 0 Å². The van der Waals surface area contributed by atoms with Crippen molar-refractivity contribution in [3.05, 3.63) is 54.6 Å². The van der Waals surface area contributed by atoms with Crippen LogP contribution in [-0.4, -0.2) is 46.3 Å². The predicted octanol–water partition coefficient (Wildman–Crippen LogP) is 2.60. The third-order valence-electron chi connectivity index (χ3n) is 4.86. The lowest BCUT2D eigenvalue weighted by Crippen LogP contribution is -2.50. The number of nitrogens with one attached hydrogen (secondary N) is 2. The molecule has 2 atom stereocenters. The van der Waals surface area contributed by atoms with E-state index in [0.717, 1.165) is 5.75 Å². The van der Waals surface area contributed by atoms with Gasteiger partial charge in [-0.1, -0.05) is 18.2 Å². The number of benzene rings is 2. The minimum Gasteiger partial charge on any atom is -0.457 e. The topological polar surface area (TPSA) is 87.7 Å². The quantitative estimate of drug-likeness (QED) is 0.790. The van der Waals surface area contributed by atoms with Gasteiger partial charge in [-0.25, -0.2) is 0 Å². The standard InChI is InChI=1S/C21H21N3O4S/c25-19-11-10-17(23-19)21(27)24-13-29-12-18(24)20(26)22-14-6-8-16(9-7-14)28-15-4-2-1-3-5-15/h1-9,17-18H,10-13H2,(H,22,26)(H,23,25)/t17?,18-/m1/s1. The average molecular weight is 411 g/mol. The smallest absolute Gasteiger partial charge is 0.248 e. The van der Waals surface area contributed by atoms with Crippen LogP contribution in [0.4, 0.5) is 5.69 Å². The van der Waals surface area contributed by atoms with Crippen LogP contribution in [0.25, 0.3) is 0 Å². The number of para-hydroxylation sites is 1. The van der Waals surface area contributed by atoms with Gasteiger partial charge in [0.05, 0.1) is 5.88 Å². The maximum absolute atomic E-state index is 12.7. The molecule has 0 aromatic heterocycles. The van der Waals surface area contributed by atoms with Gasteiger partial charge in [0, 0.05) is 17.9 Å². The molecular formula is C21H21N3O4S. The van der Waals surface area contributed by atoms with Crippen LogP contribution in [0.1, 0.15) is 12.8 Å². The van der Waals surface area contributed by atoms with E-state index in [9.17, 15) is 14.4 Å². The summed E-state index contributed by atoms with van der Waals surface area (Å²) in [4.78, 5) is 38.4. The molecule has 0 bridgehead atoms. The molecule has 2 saturated heterocycles. The minimum atomic E-state index is -0.551. The number of amides is 3. The Morgan fingerprint density at radius 1 is 1.07 bits per heavy atom. The van der Waals surface area contributed by atoms with Gasteiger partial charge in [-0.05, 0) is 42.8 Å². The van der Waals surface area contributed by atoms with Gasteiger partial charge in [-0.2, -0.15) is 0 Å². The van der Waals surface area contributed by atoms with Crippen molar-refractivity contribution in [3.8, 4) is 11.5 Å². The highest BCUT2D eigenvalue weighted by Gasteiger charge is 2.39. The summed E-state index contributed by atoms with van der Waals surface area (Å²) in [5, 5.41) is 5.55. The minimum absolute atomic E-state index is 0.117. The van der Waals surface area contributed by atoms with Crippen molar-refractivity contribution in [1.82, 2.24) is 10.2 Å². The van der Waals surface area contributed by atoms with E-state index in [1.165, 1.54) is 11.8 Å². The van der Waals surface area contributed by atoms with Gasteiger partial charge < -0.3 is 20.3 Å². The average Bonchev–Trinajstić information content (AvgIpc) is 3.39. The van der Waals surface area contributed by atoms with E-state index in [4.69, 9.17) is 4.74 Å². The summed E-state index contributed by atoms with van der Waals surface area (Å²) in [7, 11) is 0. The lowest BCUT2D eigenvalue weighted by atomic mass is 10.1. The van der Waals surface area contributed by atoms with Crippen LogP contribution in [0.2, 0.25) is 0 Å². The maximum atomic E-state index is 12.7. The van der Waals surface area contributed by atoms with Gasteiger partial charge in [0.2, 0.25) is 17.7 Å². The number of hydrogen-bond acceptors (Lipinski definition) is 5. The van der Waals surface area contributed by atoms with E-state index in [1.807, 2.05) is 30.3 Å². The molecule has 150 valence electrons. The van der Waals surface area contributed by atoms with Crippen LogP contribution in [0.3, 0.4) is 0 Å². The molecule has 2 N–H and O–H groups in total. The molecule has 2 aliphatic heterocycles. The Balaban J connectivity index is 1.36. The zero-order valence-electron chi connectivity index (χ0n) is 15.7. The summed E-state index contributed by atoms with van der Waals surface area (Å²) in [6.07, 6.45) is 0.835. The normalized spacial score (nSPS) is 21.0. The highest BCUT2D eigenvalue weighted by molar-refractivity contribution is 7.99. The second-order valence-electron chi connectivity index (χ2n) is 6.91. The molecule has 0 radical (unpaired) electrons. The Kier molecular flexibility index (Phi) is 5.71. The molecule has 1 unspecified atom stereocenters. The van der Waals surface area contributed by atoms with Crippen molar-refractivity contribution < 1.29 is 19.1 Å². The molecule has 2 aromatic carbocycles. The van der Waals surface area contributed by atoms with Crippen molar-refractivity contribution >= 4 is 35.2 Å².